The van der Waals surface area contributed by atoms with Crippen LogP contribution < -0.4 is 0 Å². The van der Waals surface area contributed by atoms with Gasteiger partial charge in [0.1, 0.15) is 0 Å². The third-order valence-electron chi connectivity index (χ3n) is 11.1. The summed E-state index contributed by atoms with van der Waals surface area (Å²) in [6, 6.07) is 14.7. The van der Waals surface area contributed by atoms with Crippen LogP contribution in [0.15, 0.2) is 47.5 Å². The van der Waals surface area contributed by atoms with Gasteiger partial charge in [-0.1, -0.05) is 150 Å². The summed E-state index contributed by atoms with van der Waals surface area (Å²) in [7, 11) is 0. The van der Waals surface area contributed by atoms with Crippen LogP contribution in [0.25, 0.3) is 16.9 Å². The number of aryl methyl sites for hydroxylation is 4. The van der Waals surface area contributed by atoms with Crippen LogP contribution in [0.2, 0.25) is 11.8 Å². The van der Waals surface area contributed by atoms with E-state index in [0.717, 1.165) is 62.8 Å². The van der Waals surface area contributed by atoms with E-state index >= 15 is 0 Å². The van der Waals surface area contributed by atoms with Crippen LogP contribution in [0.3, 0.4) is 0 Å². The van der Waals surface area contributed by atoms with Crippen molar-refractivity contribution < 1.29 is 19.1 Å². The summed E-state index contributed by atoms with van der Waals surface area (Å²) in [5.41, 5.74) is 25.8. The summed E-state index contributed by atoms with van der Waals surface area (Å²) in [6.45, 7) is 13.8. The van der Waals surface area contributed by atoms with E-state index < -0.39 is 0 Å². The molecule has 0 fully saturated rings. The van der Waals surface area contributed by atoms with Crippen molar-refractivity contribution in [3.8, 4) is 0 Å². The summed E-state index contributed by atoms with van der Waals surface area (Å²) < 4.78 is 1.67. The Hall–Kier alpha value is -1.99. The molecule has 0 aliphatic carbocycles. The Morgan fingerprint density at radius 3 is 1.00 bits per heavy atom. The van der Waals surface area contributed by atoms with Gasteiger partial charge in [0.25, 0.3) is 0 Å². The molecule has 3 heteroatoms. The van der Waals surface area contributed by atoms with E-state index in [4.69, 9.17) is 0 Å². The normalized spacial score (nSPS) is 13.0. The first-order chi connectivity index (χ1) is 26.4. The predicted molar refractivity (Wildman–Crippen MR) is 237 cm³/mol. The van der Waals surface area contributed by atoms with Gasteiger partial charge in [-0.25, -0.2) is 4.70 Å². The molecule has 0 N–H and O–H groups in total. The molecule has 1 heterocycles. The Balaban J connectivity index is 0.00000325. The van der Waals surface area contributed by atoms with Gasteiger partial charge in [-0.15, -0.1) is 0 Å². The molecule has 0 unspecified atom stereocenters. The van der Waals surface area contributed by atoms with Crippen molar-refractivity contribution in [1.82, 2.24) is 0 Å². The fourth-order valence-corrected chi connectivity index (χ4v) is 8.05. The summed E-state index contributed by atoms with van der Waals surface area (Å²) in [5.74, 6) is 4.12. The van der Waals surface area contributed by atoms with Crippen molar-refractivity contribution in [2.75, 3.05) is 0 Å². The molecule has 0 aromatic heterocycles. The van der Waals surface area contributed by atoms with Crippen LogP contribution >= 0.6 is 0 Å². The molecule has 2 aromatic rings. The molecule has 0 saturated carbocycles. The van der Waals surface area contributed by atoms with Gasteiger partial charge in [-0.05, 0) is 124 Å². The Morgan fingerprint density at radius 2 is 0.630 bits per heavy atom. The molecule has 2 aromatic carbocycles. The number of allylic oxidation sites excluding steroid dienone is 2. The van der Waals surface area contributed by atoms with Crippen LogP contribution in [0.1, 0.15) is 223 Å². The topological polar surface area (TPSA) is 25.3 Å². The quantitative estimate of drug-likeness (QED) is 0.0446. The molecule has 1 aliphatic rings. The fourth-order valence-electron chi connectivity index (χ4n) is 8.05. The molecular formula is C51H84N2Ni. The van der Waals surface area contributed by atoms with E-state index in [1.165, 1.54) is 167 Å². The molecule has 308 valence electrons. The van der Waals surface area contributed by atoms with Gasteiger partial charge in [0.2, 0.25) is 11.4 Å². The van der Waals surface area contributed by atoms with Crippen molar-refractivity contribution in [3.63, 3.8) is 0 Å². The SMILES string of the molecule is CCCCCCCCc1cc(CCCC)cc(C2=C(CCCC)C(CCCCC)=C(c3cc(CCCC)cc(CCCCCCCC)c3)[N+]2=[N-])c1.[CH3][Ni][CH3]. The number of nitrogens with zero attached hydrogens (tertiary/aromatic N) is 2. The first-order valence-corrected chi connectivity index (χ1v) is 24.8. The van der Waals surface area contributed by atoms with Crippen molar-refractivity contribution in [1.29, 1.82) is 0 Å². The summed E-state index contributed by atoms with van der Waals surface area (Å²) in [5, 5.41) is 0. The zero-order chi connectivity index (χ0) is 39.4. The van der Waals surface area contributed by atoms with Crippen LogP contribution in [0.5, 0.6) is 0 Å². The number of rotatable bonds is 29. The van der Waals surface area contributed by atoms with Crippen LogP contribution in [-0.4, -0.2) is 4.70 Å². The maximum atomic E-state index is 12.6. The molecule has 0 bridgehead atoms. The minimum atomic E-state index is 1.03. The second-order valence-corrected chi connectivity index (χ2v) is 17.1. The Morgan fingerprint density at radius 1 is 0.370 bits per heavy atom. The maximum absolute atomic E-state index is 12.6. The second kappa shape index (κ2) is 30.2. The van der Waals surface area contributed by atoms with Gasteiger partial charge in [0.05, 0.1) is 0 Å². The number of hydrogen-bond donors (Lipinski definition) is 0. The minimum absolute atomic E-state index is 1.03. The average molecular weight is 784 g/mol. The molecule has 0 atom stereocenters. The Labute approximate surface area is 342 Å². The number of unbranched alkanes of at least 4 members (excludes halogenated alkanes) is 15. The fraction of sp³-hybridized carbons (Fsp3) is 0.686. The van der Waals surface area contributed by atoms with E-state index in [2.05, 4.69) is 89.7 Å². The molecule has 1 aliphatic heterocycles. The summed E-state index contributed by atoms with van der Waals surface area (Å²) in [6.07, 6.45) is 33.2. The molecule has 54 heavy (non-hydrogen) atoms. The van der Waals surface area contributed by atoms with Gasteiger partial charge in [-0.2, -0.15) is 0 Å². The van der Waals surface area contributed by atoms with Gasteiger partial charge in [0.15, 0.2) is 0 Å². The molecule has 0 radical (unpaired) electrons. The second-order valence-electron chi connectivity index (χ2n) is 16.2. The van der Waals surface area contributed by atoms with Crippen molar-refractivity contribution in [2.45, 2.75) is 227 Å². The van der Waals surface area contributed by atoms with Crippen molar-refractivity contribution >= 4 is 11.4 Å². The zero-order valence-corrected chi connectivity index (χ0v) is 37.8. The van der Waals surface area contributed by atoms with E-state index in [0.29, 0.717) is 0 Å². The first kappa shape index (κ1) is 48.2. The van der Waals surface area contributed by atoms with Gasteiger partial charge < -0.3 is 5.53 Å². The third-order valence-corrected chi connectivity index (χ3v) is 11.1. The standard InChI is InChI=1S/C49H78N2.2CH3.Ni/c1-7-13-19-21-23-26-30-42-34-40(28-16-10-4)36-44(38-42)48-46(32-18-12-6)47(33-25-15-9-3)49(51(48)50)45-37-41(29-17-11-5)35-43(39-45)31-27-24-22-20-14-8-2;;;/h34-39H,7-33H2,1-6H3;2*1H3;. The van der Waals surface area contributed by atoms with Crippen LogP contribution in [0.4, 0.5) is 0 Å². The molecule has 0 saturated heterocycles. The van der Waals surface area contributed by atoms with Crippen molar-refractivity contribution in [2.24, 2.45) is 0 Å². The van der Waals surface area contributed by atoms with Gasteiger partial charge in [-0.3, -0.25) is 0 Å². The number of hydrogen-bond acceptors (Lipinski definition) is 0. The average Bonchev–Trinajstić information content (AvgIpc) is 3.45. The molecule has 2 nitrogen and oxygen atoms in total. The Kier molecular flexibility index (Phi) is 26.9. The molecule has 0 spiro atoms. The van der Waals surface area contributed by atoms with E-state index in [9.17, 15) is 5.53 Å². The molecule has 3 rings (SSSR count). The zero-order valence-electron chi connectivity index (χ0n) is 36.8. The Bertz CT molecular complexity index is 1380. The molecule has 0 amide bonds. The third kappa shape index (κ3) is 17.4. The summed E-state index contributed by atoms with van der Waals surface area (Å²) in [4.78, 5) is 0. The van der Waals surface area contributed by atoms with E-state index in [1.54, 1.807) is 19.1 Å². The van der Waals surface area contributed by atoms with E-state index in [-0.39, 0.29) is 0 Å². The van der Waals surface area contributed by atoms with Crippen molar-refractivity contribution in [3.05, 3.63) is 86.5 Å². The predicted octanol–water partition coefficient (Wildman–Crippen LogP) is 17.3. The monoisotopic (exact) mass is 783 g/mol. The van der Waals surface area contributed by atoms with Gasteiger partial charge >= 0.3 is 26.2 Å². The van der Waals surface area contributed by atoms with Crippen LogP contribution in [-0.2, 0) is 40.1 Å². The van der Waals surface area contributed by atoms with E-state index in [1.807, 2.05) is 0 Å². The first-order valence-electron chi connectivity index (χ1n) is 22.9. The van der Waals surface area contributed by atoms with Crippen LogP contribution in [0, 0.1) is 0 Å². The summed E-state index contributed by atoms with van der Waals surface area (Å²) >= 11 is 1.62. The molecular weight excluding hydrogens is 699 g/mol. The number of benzene rings is 2. The van der Waals surface area contributed by atoms with Gasteiger partial charge in [0, 0.05) is 22.3 Å².